The third-order valence-electron chi connectivity index (χ3n) is 2.13. The maximum atomic E-state index is 2.36. The number of allylic oxidation sites excluding steroid dienone is 2. The Labute approximate surface area is 58.0 Å². The fourth-order valence-corrected chi connectivity index (χ4v) is 1.35. The van der Waals surface area contributed by atoms with E-state index in [1.807, 2.05) is 0 Å². The Kier molecular flexibility index (Phi) is 1.65. The summed E-state index contributed by atoms with van der Waals surface area (Å²) in [7, 11) is 0. The molecule has 0 radical (unpaired) electrons. The third-order valence-corrected chi connectivity index (χ3v) is 2.13. The van der Waals surface area contributed by atoms with E-state index >= 15 is 0 Å². The van der Waals surface area contributed by atoms with Gasteiger partial charge in [0.2, 0.25) is 0 Å². The van der Waals surface area contributed by atoms with Crippen molar-refractivity contribution in [2.75, 3.05) is 0 Å². The van der Waals surface area contributed by atoms with E-state index in [-0.39, 0.29) is 0 Å². The first-order valence-electron chi connectivity index (χ1n) is 3.77. The minimum atomic E-state index is 0.493. The molecule has 1 rings (SSSR count). The van der Waals surface area contributed by atoms with Gasteiger partial charge in [0.05, 0.1) is 0 Å². The molecule has 0 N–H and O–H groups in total. The maximum Gasteiger partial charge on any atom is -0.0182 e. The lowest BCUT2D eigenvalue weighted by Gasteiger charge is -2.24. The molecule has 1 aliphatic carbocycles. The topological polar surface area (TPSA) is 0 Å². The van der Waals surface area contributed by atoms with Gasteiger partial charge in [0, 0.05) is 0 Å². The molecule has 1 atom stereocenters. The average molecular weight is 124 g/mol. The molecule has 0 heteroatoms. The molecule has 0 aromatic heterocycles. The molecule has 0 saturated carbocycles. The van der Waals surface area contributed by atoms with E-state index in [1.54, 1.807) is 0 Å². The van der Waals surface area contributed by atoms with Gasteiger partial charge in [-0.3, -0.25) is 0 Å². The molecule has 0 fully saturated rings. The first-order chi connectivity index (χ1) is 4.11. The fraction of sp³-hybridized carbons (Fsp3) is 0.778. The zero-order valence-electron chi connectivity index (χ0n) is 6.65. The molecule has 0 amide bonds. The van der Waals surface area contributed by atoms with Gasteiger partial charge in [-0.25, -0.2) is 0 Å². The van der Waals surface area contributed by atoms with Crippen LogP contribution in [-0.4, -0.2) is 0 Å². The highest BCUT2D eigenvalue weighted by Crippen LogP contribution is 2.34. The smallest absolute Gasteiger partial charge is 0.0182 e. The van der Waals surface area contributed by atoms with Crippen molar-refractivity contribution in [3.63, 3.8) is 0 Å². The standard InChI is InChI=1S/C9H16/c1-9(2,3)8-6-4-5-7-8/h4,6,8H,5,7H2,1-3H3/t8-/m0/s1. The van der Waals surface area contributed by atoms with Crippen LogP contribution in [0.3, 0.4) is 0 Å². The van der Waals surface area contributed by atoms with Gasteiger partial charge >= 0.3 is 0 Å². The van der Waals surface area contributed by atoms with Gasteiger partial charge in [0.1, 0.15) is 0 Å². The maximum absolute atomic E-state index is 2.36. The van der Waals surface area contributed by atoms with Gasteiger partial charge in [0.25, 0.3) is 0 Å². The Hall–Kier alpha value is -0.260. The van der Waals surface area contributed by atoms with Gasteiger partial charge < -0.3 is 0 Å². The van der Waals surface area contributed by atoms with Crippen LogP contribution in [0.4, 0.5) is 0 Å². The van der Waals surface area contributed by atoms with E-state index in [0.29, 0.717) is 5.41 Å². The van der Waals surface area contributed by atoms with Crippen LogP contribution in [0.1, 0.15) is 33.6 Å². The highest BCUT2D eigenvalue weighted by molar-refractivity contribution is 5.00. The predicted molar refractivity (Wildman–Crippen MR) is 41.3 cm³/mol. The molecule has 52 valence electrons. The largest absolute Gasteiger partial charge is 0.0882 e. The normalized spacial score (nSPS) is 27.2. The lowest BCUT2D eigenvalue weighted by Crippen LogP contribution is -2.15. The van der Waals surface area contributed by atoms with Crippen molar-refractivity contribution in [3.05, 3.63) is 12.2 Å². The van der Waals surface area contributed by atoms with Crippen molar-refractivity contribution in [2.45, 2.75) is 33.6 Å². The molecule has 0 nitrogen and oxygen atoms in total. The van der Waals surface area contributed by atoms with Crippen molar-refractivity contribution in [3.8, 4) is 0 Å². The zero-order chi connectivity index (χ0) is 6.91. The quantitative estimate of drug-likeness (QED) is 0.435. The van der Waals surface area contributed by atoms with E-state index in [0.717, 1.165) is 5.92 Å². The molecule has 9 heavy (non-hydrogen) atoms. The minimum Gasteiger partial charge on any atom is -0.0882 e. The highest BCUT2D eigenvalue weighted by atomic mass is 14.3. The molecule has 0 spiro atoms. The Morgan fingerprint density at radius 1 is 1.33 bits per heavy atom. The molecule has 0 aromatic rings. The molecule has 0 unspecified atom stereocenters. The van der Waals surface area contributed by atoms with Crippen molar-refractivity contribution in [1.29, 1.82) is 0 Å². The van der Waals surface area contributed by atoms with Crippen molar-refractivity contribution in [1.82, 2.24) is 0 Å². The summed E-state index contributed by atoms with van der Waals surface area (Å²) in [5, 5.41) is 0. The van der Waals surface area contributed by atoms with E-state index in [2.05, 4.69) is 32.9 Å². The van der Waals surface area contributed by atoms with Crippen LogP contribution < -0.4 is 0 Å². The van der Waals surface area contributed by atoms with Gasteiger partial charge in [0.15, 0.2) is 0 Å². The van der Waals surface area contributed by atoms with Crippen LogP contribution in [0.5, 0.6) is 0 Å². The molecule has 0 aliphatic heterocycles. The predicted octanol–water partition coefficient (Wildman–Crippen LogP) is 3.00. The molecular weight excluding hydrogens is 108 g/mol. The second-order valence-corrected chi connectivity index (χ2v) is 3.98. The van der Waals surface area contributed by atoms with Crippen molar-refractivity contribution < 1.29 is 0 Å². The fourth-order valence-electron chi connectivity index (χ4n) is 1.35. The lowest BCUT2D eigenvalue weighted by atomic mass is 9.81. The summed E-state index contributed by atoms with van der Waals surface area (Å²) < 4.78 is 0. The minimum absolute atomic E-state index is 0.493. The molecule has 0 heterocycles. The Morgan fingerprint density at radius 2 is 2.00 bits per heavy atom. The van der Waals surface area contributed by atoms with E-state index in [4.69, 9.17) is 0 Å². The van der Waals surface area contributed by atoms with Crippen LogP contribution >= 0.6 is 0 Å². The van der Waals surface area contributed by atoms with Crippen molar-refractivity contribution >= 4 is 0 Å². The van der Waals surface area contributed by atoms with Crippen LogP contribution in [-0.2, 0) is 0 Å². The summed E-state index contributed by atoms with van der Waals surface area (Å²) in [5.41, 5.74) is 0.493. The van der Waals surface area contributed by atoms with E-state index < -0.39 is 0 Å². The molecule has 0 saturated heterocycles. The van der Waals surface area contributed by atoms with Crippen LogP contribution in [0.25, 0.3) is 0 Å². The van der Waals surface area contributed by atoms with Crippen LogP contribution in [0.15, 0.2) is 12.2 Å². The number of hydrogen-bond acceptors (Lipinski definition) is 0. The van der Waals surface area contributed by atoms with Gasteiger partial charge in [-0.15, -0.1) is 0 Å². The van der Waals surface area contributed by atoms with Gasteiger partial charge in [-0.05, 0) is 24.2 Å². The zero-order valence-corrected chi connectivity index (χ0v) is 6.65. The van der Waals surface area contributed by atoms with Gasteiger partial charge in [-0.2, -0.15) is 0 Å². The summed E-state index contributed by atoms with van der Waals surface area (Å²) in [4.78, 5) is 0. The summed E-state index contributed by atoms with van der Waals surface area (Å²) >= 11 is 0. The second-order valence-electron chi connectivity index (χ2n) is 3.98. The average Bonchev–Trinajstić information content (AvgIpc) is 2.08. The second kappa shape index (κ2) is 2.17. The Morgan fingerprint density at radius 3 is 2.22 bits per heavy atom. The third kappa shape index (κ3) is 1.57. The summed E-state index contributed by atoms with van der Waals surface area (Å²) in [5.74, 6) is 0.831. The van der Waals surface area contributed by atoms with Gasteiger partial charge in [-0.1, -0.05) is 32.9 Å². The SMILES string of the molecule is CC(C)(C)[C@H]1C=CCC1. The molecule has 0 bridgehead atoms. The van der Waals surface area contributed by atoms with Crippen LogP contribution in [0, 0.1) is 11.3 Å². The summed E-state index contributed by atoms with van der Waals surface area (Å²) in [6.07, 6.45) is 7.32. The van der Waals surface area contributed by atoms with Crippen LogP contribution in [0.2, 0.25) is 0 Å². The summed E-state index contributed by atoms with van der Waals surface area (Å²) in [6, 6.07) is 0. The van der Waals surface area contributed by atoms with E-state index in [1.165, 1.54) is 12.8 Å². The Bertz CT molecular complexity index is 114. The molecular formula is C9H16. The first-order valence-corrected chi connectivity index (χ1v) is 3.77. The number of rotatable bonds is 0. The molecule has 0 aromatic carbocycles. The van der Waals surface area contributed by atoms with E-state index in [9.17, 15) is 0 Å². The monoisotopic (exact) mass is 124 g/mol. The molecule has 1 aliphatic rings. The lowest BCUT2D eigenvalue weighted by molar-refractivity contribution is 0.290. The number of hydrogen-bond donors (Lipinski definition) is 0. The van der Waals surface area contributed by atoms with Crippen molar-refractivity contribution in [2.24, 2.45) is 11.3 Å². The Balaban J connectivity index is 2.53. The highest BCUT2D eigenvalue weighted by Gasteiger charge is 2.23. The summed E-state index contributed by atoms with van der Waals surface area (Å²) in [6.45, 7) is 6.94. The first kappa shape index (κ1) is 6.85.